The van der Waals surface area contributed by atoms with Gasteiger partial charge in [-0.15, -0.1) is 0 Å². The van der Waals surface area contributed by atoms with Gasteiger partial charge in [-0.1, -0.05) is 12.1 Å². The fourth-order valence-electron chi connectivity index (χ4n) is 2.37. The molecule has 2 rings (SSSR count). The van der Waals surface area contributed by atoms with E-state index < -0.39 is 0 Å². The zero-order valence-electron chi connectivity index (χ0n) is 13.0. The van der Waals surface area contributed by atoms with E-state index in [1.807, 2.05) is 25.1 Å². The van der Waals surface area contributed by atoms with Crippen LogP contribution in [0.25, 0.3) is 0 Å². The van der Waals surface area contributed by atoms with E-state index in [2.05, 4.69) is 33.8 Å². The summed E-state index contributed by atoms with van der Waals surface area (Å²) in [6.07, 6.45) is 1.56. The van der Waals surface area contributed by atoms with Gasteiger partial charge >= 0.3 is 7.12 Å². The summed E-state index contributed by atoms with van der Waals surface area (Å²) in [5.74, 6) is 0. The third-order valence-electron chi connectivity index (χ3n) is 4.34. The molecule has 0 saturated carbocycles. The van der Waals surface area contributed by atoms with Gasteiger partial charge < -0.3 is 9.31 Å². The first-order valence-corrected chi connectivity index (χ1v) is 7.10. The second-order valence-corrected chi connectivity index (χ2v) is 6.50. The Bertz CT molecular complexity index is 530. The highest BCUT2D eigenvalue weighted by Crippen LogP contribution is 2.38. The van der Waals surface area contributed by atoms with Crippen LogP contribution in [0.5, 0.6) is 0 Å². The van der Waals surface area contributed by atoms with E-state index in [0.29, 0.717) is 0 Å². The monoisotopic (exact) mass is 271 g/mol. The Hall–Kier alpha value is -1.31. The summed E-state index contributed by atoms with van der Waals surface area (Å²) >= 11 is 0. The lowest BCUT2D eigenvalue weighted by atomic mass is 9.80. The summed E-state index contributed by atoms with van der Waals surface area (Å²) in [5, 5.41) is 9.19. The van der Waals surface area contributed by atoms with Gasteiger partial charge in [-0.3, -0.25) is 0 Å². The zero-order chi connectivity index (χ0) is 15.0. The van der Waals surface area contributed by atoms with Crippen LogP contribution in [-0.2, 0) is 15.7 Å². The molecular weight excluding hydrogens is 249 g/mol. The van der Waals surface area contributed by atoms with Gasteiger partial charge in [-0.25, -0.2) is 0 Å². The molecule has 1 aliphatic heterocycles. The van der Waals surface area contributed by atoms with Crippen molar-refractivity contribution >= 4 is 7.12 Å². The minimum atomic E-state index is -0.289. The summed E-state index contributed by atoms with van der Waals surface area (Å²) < 4.78 is 12.0. The molecule has 0 aliphatic carbocycles. The number of hydrogen-bond acceptors (Lipinski definition) is 3. The Kier molecular flexibility index (Phi) is 3.95. The van der Waals surface area contributed by atoms with Crippen molar-refractivity contribution in [2.75, 3.05) is 0 Å². The first-order valence-electron chi connectivity index (χ1n) is 7.10. The van der Waals surface area contributed by atoms with Gasteiger partial charge in [0.2, 0.25) is 0 Å². The molecule has 0 atom stereocenters. The number of rotatable bonds is 3. The van der Waals surface area contributed by atoms with Gasteiger partial charge in [0.1, 0.15) is 0 Å². The van der Waals surface area contributed by atoms with E-state index >= 15 is 0 Å². The summed E-state index contributed by atoms with van der Waals surface area (Å²) in [5.41, 5.74) is 2.35. The molecule has 0 aromatic heterocycles. The predicted molar refractivity (Wildman–Crippen MR) is 80.5 cm³/mol. The molecule has 0 radical (unpaired) electrons. The van der Waals surface area contributed by atoms with Gasteiger partial charge in [0.05, 0.1) is 22.8 Å². The van der Waals surface area contributed by atoms with Crippen LogP contribution in [-0.4, -0.2) is 18.3 Å². The molecule has 1 fully saturated rings. The maximum Gasteiger partial charge on any atom is 0.458 e. The molecule has 1 heterocycles. The van der Waals surface area contributed by atoms with Crippen molar-refractivity contribution in [3.63, 3.8) is 0 Å². The highest BCUT2D eigenvalue weighted by molar-refractivity contribution is 6.45. The number of aryl methyl sites for hydroxylation is 2. The zero-order valence-corrected chi connectivity index (χ0v) is 13.0. The lowest BCUT2D eigenvalue weighted by Crippen LogP contribution is -2.41. The average Bonchev–Trinajstić information content (AvgIpc) is 2.56. The first-order chi connectivity index (χ1) is 9.25. The van der Waals surface area contributed by atoms with E-state index in [-0.39, 0.29) is 18.3 Å². The Morgan fingerprint density at radius 2 is 1.75 bits per heavy atom. The number of nitrogens with zero attached hydrogens (tertiary/aromatic N) is 1. The minimum Gasteiger partial charge on any atom is -0.403 e. The van der Waals surface area contributed by atoms with Crippen molar-refractivity contribution in [2.45, 2.75) is 58.6 Å². The van der Waals surface area contributed by atoms with Gasteiger partial charge in [0.25, 0.3) is 0 Å². The smallest absolute Gasteiger partial charge is 0.403 e. The minimum absolute atomic E-state index is 0.201. The summed E-state index contributed by atoms with van der Waals surface area (Å²) in [7, 11) is -0.201. The molecular formula is C16H22BNO2. The van der Waals surface area contributed by atoms with Crippen molar-refractivity contribution in [1.82, 2.24) is 0 Å². The molecule has 1 aliphatic rings. The third kappa shape index (κ3) is 2.89. The molecule has 1 saturated heterocycles. The molecule has 0 bridgehead atoms. The lowest BCUT2D eigenvalue weighted by Gasteiger charge is -2.32. The van der Waals surface area contributed by atoms with Crippen molar-refractivity contribution in [3.8, 4) is 6.07 Å². The Labute approximate surface area is 122 Å². The van der Waals surface area contributed by atoms with E-state index in [9.17, 15) is 5.26 Å². The number of benzene rings is 1. The van der Waals surface area contributed by atoms with E-state index in [4.69, 9.17) is 9.31 Å². The Morgan fingerprint density at radius 1 is 1.15 bits per heavy atom. The van der Waals surface area contributed by atoms with Crippen LogP contribution in [0.3, 0.4) is 0 Å². The highest BCUT2D eigenvalue weighted by Gasteiger charge is 2.50. The van der Waals surface area contributed by atoms with Gasteiger partial charge in [-0.2, -0.15) is 5.26 Å². The molecule has 0 amide bonds. The van der Waals surface area contributed by atoms with Crippen LogP contribution in [0.2, 0.25) is 6.32 Å². The molecule has 0 unspecified atom stereocenters. The van der Waals surface area contributed by atoms with E-state index in [0.717, 1.165) is 29.4 Å². The molecule has 1 aromatic rings. The van der Waals surface area contributed by atoms with Crippen LogP contribution < -0.4 is 0 Å². The van der Waals surface area contributed by atoms with Crippen LogP contribution >= 0.6 is 0 Å². The quantitative estimate of drug-likeness (QED) is 0.790. The van der Waals surface area contributed by atoms with Crippen molar-refractivity contribution in [2.24, 2.45) is 0 Å². The number of nitriles is 1. The van der Waals surface area contributed by atoms with Crippen LogP contribution in [0, 0.1) is 18.3 Å². The van der Waals surface area contributed by atoms with Crippen LogP contribution in [0.15, 0.2) is 18.2 Å². The molecule has 1 aromatic carbocycles. The summed E-state index contributed by atoms with van der Waals surface area (Å²) in [6, 6.07) is 8.26. The average molecular weight is 271 g/mol. The second-order valence-electron chi connectivity index (χ2n) is 6.50. The largest absolute Gasteiger partial charge is 0.458 e. The van der Waals surface area contributed by atoms with Gasteiger partial charge in [0.15, 0.2) is 0 Å². The van der Waals surface area contributed by atoms with Crippen molar-refractivity contribution < 1.29 is 9.31 Å². The Balaban J connectivity index is 2.03. The first kappa shape index (κ1) is 15.1. The van der Waals surface area contributed by atoms with E-state index in [1.54, 1.807) is 0 Å². The summed E-state index contributed by atoms with van der Waals surface area (Å²) in [4.78, 5) is 0. The fraction of sp³-hybridized carbons (Fsp3) is 0.562. The van der Waals surface area contributed by atoms with Crippen LogP contribution in [0.1, 0.15) is 44.4 Å². The van der Waals surface area contributed by atoms with Crippen molar-refractivity contribution in [1.29, 1.82) is 5.26 Å². The maximum atomic E-state index is 9.19. The lowest BCUT2D eigenvalue weighted by molar-refractivity contribution is 0.00578. The highest BCUT2D eigenvalue weighted by atomic mass is 16.7. The van der Waals surface area contributed by atoms with Gasteiger partial charge in [-0.05, 0) is 64.6 Å². The van der Waals surface area contributed by atoms with Gasteiger partial charge in [0, 0.05) is 0 Å². The third-order valence-corrected chi connectivity index (χ3v) is 4.34. The second kappa shape index (κ2) is 5.23. The normalized spacial score (nSPS) is 19.9. The topological polar surface area (TPSA) is 42.2 Å². The van der Waals surface area contributed by atoms with Crippen molar-refractivity contribution in [3.05, 3.63) is 34.9 Å². The molecule has 4 heteroatoms. The molecule has 3 nitrogen and oxygen atoms in total. The fourth-order valence-corrected chi connectivity index (χ4v) is 2.37. The van der Waals surface area contributed by atoms with E-state index in [1.165, 1.54) is 0 Å². The Morgan fingerprint density at radius 3 is 2.30 bits per heavy atom. The summed E-state index contributed by atoms with van der Waals surface area (Å²) in [6.45, 7) is 10.2. The molecule has 0 N–H and O–H groups in total. The van der Waals surface area contributed by atoms with Crippen LogP contribution in [0.4, 0.5) is 0 Å². The molecule has 106 valence electrons. The maximum absolute atomic E-state index is 9.19. The molecule has 20 heavy (non-hydrogen) atoms. The predicted octanol–water partition coefficient (Wildman–Crippen LogP) is 3.50. The SMILES string of the molecule is Cc1ccc(CCB2OC(C)(C)C(C)(C)O2)c(C#N)c1. The number of hydrogen-bond donors (Lipinski definition) is 0. The molecule has 0 spiro atoms. The standard InChI is InChI=1S/C16H22BNO2/c1-12-6-7-13(14(10-12)11-18)8-9-17-19-15(2,3)16(4,5)20-17/h6-7,10H,8-9H2,1-5H3.